The Hall–Kier alpha value is -1.89. The lowest BCUT2D eigenvalue weighted by Gasteiger charge is -1.98. The lowest BCUT2D eigenvalue weighted by molar-refractivity contribution is 0.575. The maximum Gasteiger partial charge on any atom is 0.235 e. The Labute approximate surface area is 132 Å². The van der Waals surface area contributed by atoms with Crippen LogP contribution in [0, 0.1) is 0 Å². The van der Waals surface area contributed by atoms with Gasteiger partial charge < -0.3 is 4.42 Å². The van der Waals surface area contributed by atoms with Crippen LogP contribution in [0.15, 0.2) is 41.0 Å². The topological polar surface area (TPSA) is 56.2 Å². The van der Waals surface area contributed by atoms with E-state index in [1.165, 1.54) is 11.3 Å². The number of furan rings is 1. The van der Waals surface area contributed by atoms with E-state index in [1.54, 1.807) is 29.0 Å². The maximum atomic E-state index is 6.04. The van der Waals surface area contributed by atoms with E-state index in [2.05, 4.69) is 15.3 Å². The fourth-order valence-corrected chi connectivity index (χ4v) is 3.06. The molecule has 0 N–H and O–H groups in total. The molecule has 0 aliphatic rings. The van der Waals surface area contributed by atoms with Gasteiger partial charge in [0.15, 0.2) is 5.76 Å². The molecular weight excluding hydrogens is 331 g/mol. The van der Waals surface area contributed by atoms with E-state index < -0.39 is 0 Å². The Bertz CT molecular complexity index is 929. The first-order valence-corrected chi connectivity index (χ1v) is 7.51. The fourth-order valence-electron chi connectivity index (χ4n) is 1.92. The van der Waals surface area contributed by atoms with E-state index in [4.69, 9.17) is 27.6 Å². The first-order chi connectivity index (χ1) is 10.2. The third kappa shape index (κ3) is 2.12. The second-order valence-corrected chi connectivity index (χ2v) is 6.00. The van der Waals surface area contributed by atoms with Crippen molar-refractivity contribution in [3.05, 3.63) is 46.6 Å². The Balaban J connectivity index is 1.86. The third-order valence-corrected chi connectivity index (χ3v) is 4.59. The van der Waals surface area contributed by atoms with Crippen LogP contribution in [0.5, 0.6) is 0 Å². The first kappa shape index (κ1) is 12.8. The zero-order valence-electron chi connectivity index (χ0n) is 10.3. The largest absolute Gasteiger partial charge is 0.461 e. The molecule has 3 heterocycles. The number of halogens is 2. The number of rotatable bonds is 2. The van der Waals surface area contributed by atoms with Gasteiger partial charge in [-0.05, 0) is 24.3 Å². The summed E-state index contributed by atoms with van der Waals surface area (Å²) >= 11 is 13.4. The molecule has 104 valence electrons. The van der Waals surface area contributed by atoms with Crippen molar-refractivity contribution in [1.82, 2.24) is 19.8 Å². The quantitative estimate of drug-likeness (QED) is 0.543. The van der Waals surface area contributed by atoms with Crippen molar-refractivity contribution in [2.24, 2.45) is 0 Å². The molecule has 0 atom stereocenters. The molecule has 0 radical (unpaired) electrons. The zero-order valence-corrected chi connectivity index (χ0v) is 12.7. The molecular formula is C13H6Cl2N4OS. The molecule has 5 nitrogen and oxygen atoms in total. The maximum absolute atomic E-state index is 6.04. The zero-order chi connectivity index (χ0) is 14.4. The molecule has 0 saturated carbocycles. The second-order valence-electron chi connectivity index (χ2n) is 4.23. The summed E-state index contributed by atoms with van der Waals surface area (Å²) in [5.74, 6) is 1.19. The van der Waals surface area contributed by atoms with E-state index >= 15 is 0 Å². The SMILES string of the molecule is Clc1ccc(-c2nn3c(-c4ccco4)nnc3s2)cc1Cl. The van der Waals surface area contributed by atoms with Crippen LogP contribution in [-0.4, -0.2) is 19.8 Å². The lowest BCUT2D eigenvalue weighted by Crippen LogP contribution is -1.89. The molecule has 0 amide bonds. The van der Waals surface area contributed by atoms with Gasteiger partial charge in [0.25, 0.3) is 0 Å². The van der Waals surface area contributed by atoms with Crippen LogP contribution in [0.25, 0.3) is 27.1 Å². The first-order valence-electron chi connectivity index (χ1n) is 5.94. The molecule has 0 saturated heterocycles. The smallest absolute Gasteiger partial charge is 0.235 e. The summed E-state index contributed by atoms with van der Waals surface area (Å²) in [4.78, 5) is 0.683. The minimum absolute atomic E-state index is 0.492. The van der Waals surface area contributed by atoms with Crippen LogP contribution < -0.4 is 0 Å². The molecule has 0 aliphatic carbocycles. The monoisotopic (exact) mass is 336 g/mol. The van der Waals surface area contributed by atoms with Gasteiger partial charge >= 0.3 is 0 Å². The minimum atomic E-state index is 0.492. The number of hydrogen-bond acceptors (Lipinski definition) is 5. The van der Waals surface area contributed by atoms with Crippen LogP contribution in [-0.2, 0) is 0 Å². The van der Waals surface area contributed by atoms with Crippen molar-refractivity contribution in [2.75, 3.05) is 0 Å². The summed E-state index contributed by atoms with van der Waals surface area (Å²) in [6, 6.07) is 9.00. The highest BCUT2D eigenvalue weighted by Gasteiger charge is 2.16. The van der Waals surface area contributed by atoms with Gasteiger partial charge in [-0.25, -0.2) is 0 Å². The van der Waals surface area contributed by atoms with Gasteiger partial charge in [0.1, 0.15) is 5.01 Å². The molecule has 0 fully saturated rings. The summed E-state index contributed by atoms with van der Waals surface area (Å²) in [5.41, 5.74) is 0.880. The number of fused-ring (bicyclic) bond motifs is 1. The summed E-state index contributed by atoms with van der Waals surface area (Å²) < 4.78 is 6.99. The molecule has 4 aromatic rings. The lowest BCUT2D eigenvalue weighted by atomic mass is 10.2. The predicted molar refractivity (Wildman–Crippen MR) is 81.8 cm³/mol. The number of benzene rings is 1. The van der Waals surface area contributed by atoms with Crippen molar-refractivity contribution in [3.63, 3.8) is 0 Å². The van der Waals surface area contributed by atoms with E-state index in [-0.39, 0.29) is 0 Å². The molecule has 8 heteroatoms. The average Bonchev–Trinajstić information content (AvgIpc) is 3.16. The molecule has 0 aliphatic heterocycles. The number of hydrogen-bond donors (Lipinski definition) is 0. The highest BCUT2D eigenvalue weighted by Crippen LogP contribution is 2.32. The Morgan fingerprint density at radius 3 is 2.76 bits per heavy atom. The number of nitrogens with zero attached hydrogens (tertiary/aromatic N) is 4. The number of aromatic nitrogens is 4. The highest BCUT2D eigenvalue weighted by atomic mass is 35.5. The standard InChI is InChI=1S/C13H6Cl2N4OS/c14-8-4-3-7(6-9(8)15)12-18-19-11(10-2-1-5-20-10)16-17-13(19)21-12/h1-6H. The van der Waals surface area contributed by atoms with E-state index in [0.717, 1.165) is 10.6 Å². The van der Waals surface area contributed by atoms with Crippen LogP contribution in [0.4, 0.5) is 0 Å². The average molecular weight is 337 g/mol. The Morgan fingerprint density at radius 1 is 1.10 bits per heavy atom. The van der Waals surface area contributed by atoms with Gasteiger partial charge in [-0.15, -0.1) is 10.2 Å². The van der Waals surface area contributed by atoms with Crippen molar-refractivity contribution >= 4 is 39.5 Å². The minimum Gasteiger partial charge on any atom is -0.461 e. The summed E-state index contributed by atoms with van der Waals surface area (Å²) in [7, 11) is 0. The fraction of sp³-hybridized carbons (Fsp3) is 0. The van der Waals surface area contributed by atoms with Gasteiger partial charge in [-0.1, -0.05) is 40.6 Å². The molecule has 0 unspecified atom stereocenters. The van der Waals surface area contributed by atoms with Gasteiger partial charge in [0.05, 0.1) is 16.3 Å². The second kappa shape index (κ2) is 4.84. The summed E-state index contributed by atoms with van der Waals surface area (Å²) in [6.45, 7) is 0. The third-order valence-electron chi connectivity index (χ3n) is 2.90. The van der Waals surface area contributed by atoms with Crippen molar-refractivity contribution in [1.29, 1.82) is 0 Å². The van der Waals surface area contributed by atoms with E-state index in [0.29, 0.717) is 26.6 Å². The molecule has 0 bridgehead atoms. The Morgan fingerprint density at radius 2 is 2.00 bits per heavy atom. The van der Waals surface area contributed by atoms with E-state index in [9.17, 15) is 0 Å². The van der Waals surface area contributed by atoms with Crippen molar-refractivity contribution in [3.8, 4) is 22.2 Å². The summed E-state index contributed by atoms with van der Waals surface area (Å²) in [5, 5.41) is 14.5. The molecule has 21 heavy (non-hydrogen) atoms. The molecule has 1 aromatic carbocycles. The Kier molecular flexibility index (Phi) is 2.95. The normalized spacial score (nSPS) is 11.3. The highest BCUT2D eigenvalue weighted by molar-refractivity contribution is 7.19. The molecule has 4 rings (SSSR count). The van der Waals surface area contributed by atoms with Crippen LogP contribution in [0.3, 0.4) is 0 Å². The van der Waals surface area contributed by atoms with Gasteiger partial charge in [0, 0.05) is 5.56 Å². The molecule has 0 spiro atoms. The van der Waals surface area contributed by atoms with Crippen LogP contribution in [0.1, 0.15) is 0 Å². The van der Waals surface area contributed by atoms with Gasteiger partial charge in [-0.2, -0.15) is 9.61 Å². The molecule has 3 aromatic heterocycles. The van der Waals surface area contributed by atoms with E-state index in [1.807, 2.05) is 12.1 Å². The van der Waals surface area contributed by atoms with Crippen LogP contribution in [0.2, 0.25) is 10.0 Å². The van der Waals surface area contributed by atoms with Crippen molar-refractivity contribution in [2.45, 2.75) is 0 Å². The predicted octanol–water partition coefficient (Wildman–Crippen LogP) is 4.42. The van der Waals surface area contributed by atoms with Gasteiger partial charge in [-0.3, -0.25) is 0 Å². The van der Waals surface area contributed by atoms with Crippen molar-refractivity contribution < 1.29 is 4.42 Å². The summed E-state index contributed by atoms with van der Waals surface area (Å²) in [6.07, 6.45) is 1.59. The van der Waals surface area contributed by atoms with Crippen LogP contribution >= 0.6 is 34.5 Å². The van der Waals surface area contributed by atoms with Gasteiger partial charge in [0.2, 0.25) is 10.8 Å².